The Morgan fingerprint density at radius 1 is 1.08 bits per heavy atom. The second-order valence-corrected chi connectivity index (χ2v) is 11.3. The van der Waals surface area contributed by atoms with Crippen LogP contribution < -0.4 is 5.73 Å². The van der Waals surface area contributed by atoms with E-state index in [-0.39, 0.29) is 35.4 Å². The molecule has 1 aliphatic carbocycles. The Morgan fingerprint density at radius 3 is 2.08 bits per heavy atom. The third-order valence-corrected chi connectivity index (χ3v) is 7.32. The zero-order chi connectivity index (χ0) is 28.5. The molecule has 0 bridgehead atoms. The zero-order valence-electron chi connectivity index (χ0n) is 23.1. The van der Waals surface area contributed by atoms with Crippen LogP contribution in [0.5, 0.6) is 0 Å². The highest BCUT2D eigenvalue weighted by Gasteiger charge is 2.32. The number of benzene rings is 1. The minimum Gasteiger partial charge on any atom is -0.393 e. The van der Waals surface area contributed by atoms with Crippen LogP contribution in [-0.2, 0) is 27.0 Å². The average Bonchev–Trinajstić information content (AvgIpc) is 2.85. The zero-order valence-corrected chi connectivity index (χ0v) is 23.1. The summed E-state index contributed by atoms with van der Waals surface area (Å²) in [5, 5.41) is 9.69. The minimum atomic E-state index is -4.32. The minimum absolute atomic E-state index is 0.00926. The van der Waals surface area contributed by atoms with Gasteiger partial charge in [-0.1, -0.05) is 32.9 Å². The molecule has 1 aromatic rings. The molecule has 1 atom stereocenters. The van der Waals surface area contributed by atoms with Gasteiger partial charge in [-0.3, -0.25) is 14.5 Å². The Morgan fingerprint density at radius 2 is 1.61 bits per heavy atom. The van der Waals surface area contributed by atoms with Gasteiger partial charge in [0, 0.05) is 38.6 Å². The maximum Gasteiger partial charge on any atom is 0.416 e. The predicted octanol–water partition coefficient (Wildman–Crippen LogP) is 4.21. The lowest BCUT2D eigenvalue weighted by atomic mass is 9.75. The first kappa shape index (κ1) is 32.0. The van der Waals surface area contributed by atoms with Gasteiger partial charge < -0.3 is 20.5 Å². The van der Waals surface area contributed by atoms with Gasteiger partial charge in [-0.2, -0.15) is 13.2 Å². The monoisotopic (exact) mass is 543 g/mol. The van der Waals surface area contributed by atoms with Gasteiger partial charge >= 0.3 is 6.18 Å². The van der Waals surface area contributed by atoms with Crippen molar-refractivity contribution in [3.05, 3.63) is 35.4 Å². The molecule has 10 heteroatoms. The number of carbonyl (C=O) groups excluding carboxylic acids is 2. The molecule has 1 aromatic carbocycles. The molecule has 1 saturated heterocycles. The number of hydrogen-bond acceptors (Lipinski definition) is 5. The Bertz CT molecular complexity index is 876. The second-order valence-electron chi connectivity index (χ2n) is 11.3. The van der Waals surface area contributed by atoms with Crippen LogP contribution in [0.1, 0.15) is 70.9 Å². The van der Waals surface area contributed by atoms with E-state index in [1.807, 2.05) is 11.8 Å². The molecule has 1 aliphatic heterocycles. The molecule has 1 heterocycles. The molecule has 1 saturated carbocycles. The number of rotatable bonds is 8. The van der Waals surface area contributed by atoms with Gasteiger partial charge in [0.25, 0.3) is 0 Å². The number of piperazine rings is 1. The van der Waals surface area contributed by atoms with E-state index < -0.39 is 11.7 Å². The topological polar surface area (TPSA) is 96.1 Å². The smallest absolute Gasteiger partial charge is 0.393 e. The summed E-state index contributed by atoms with van der Waals surface area (Å²) in [4.78, 5) is 26.6. The summed E-state index contributed by atoms with van der Waals surface area (Å²) in [6.45, 7) is 11.4. The number of hydrogen-bond donors (Lipinski definition) is 2. The number of aliphatic hydroxyl groups excluding tert-OH is 1. The van der Waals surface area contributed by atoms with Crippen LogP contribution in [0, 0.1) is 11.3 Å². The SMILES string of the molecule is CC(C)C(N)=O.CC(CC(=O)N1CCN(Cc2ccc(C(F)(F)F)cc2)CC1)OCC1(C)CCC(O)CC1. The molecular weight excluding hydrogens is 499 g/mol. The summed E-state index contributed by atoms with van der Waals surface area (Å²) >= 11 is 0. The molecule has 3 N–H and O–H groups in total. The van der Waals surface area contributed by atoms with E-state index in [4.69, 9.17) is 10.5 Å². The van der Waals surface area contributed by atoms with E-state index in [9.17, 15) is 27.9 Å². The van der Waals surface area contributed by atoms with Crippen LogP contribution in [0.3, 0.4) is 0 Å². The fourth-order valence-corrected chi connectivity index (χ4v) is 4.43. The van der Waals surface area contributed by atoms with Crippen LogP contribution in [0.4, 0.5) is 13.2 Å². The number of aliphatic hydroxyl groups is 1. The highest BCUT2D eigenvalue weighted by molar-refractivity contribution is 5.76. The third-order valence-electron chi connectivity index (χ3n) is 7.32. The molecule has 0 aromatic heterocycles. The van der Waals surface area contributed by atoms with Crippen molar-refractivity contribution in [1.82, 2.24) is 9.80 Å². The fourth-order valence-electron chi connectivity index (χ4n) is 4.43. The van der Waals surface area contributed by atoms with Crippen LogP contribution in [0.25, 0.3) is 0 Å². The van der Waals surface area contributed by atoms with Crippen molar-refractivity contribution in [3.63, 3.8) is 0 Å². The van der Waals surface area contributed by atoms with E-state index in [1.165, 1.54) is 12.1 Å². The van der Waals surface area contributed by atoms with Crippen LogP contribution >= 0.6 is 0 Å². The molecule has 3 rings (SSSR count). The molecule has 1 unspecified atom stereocenters. The lowest BCUT2D eigenvalue weighted by molar-refractivity contribution is -0.138. The Kier molecular flexibility index (Phi) is 12.0. The van der Waals surface area contributed by atoms with Crippen LogP contribution in [0.15, 0.2) is 24.3 Å². The number of alkyl halides is 3. The number of primary amides is 1. The molecule has 2 fully saturated rings. The number of nitrogens with two attached hydrogens (primary N) is 1. The maximum absolute atomic E-state index is 12.7. The van der Waals surface area contributed by atoms with Crippen molar-refractivity contribution in [2.45, 2.75) is 84.7 Å². The number of halogens is 3. The van der Waals surface area contributed by atoms with Crippen molar-refractivity contribution in [1.29, 1.82) is 0 Å². The average molecular weight is 544 g/mol. The first-order valence-corrected chi connectivity index (χ1v) is 13.4. The normalized spacial score (nSPS) is 23.5. The fraction of sp³-hybridized carbons (Fsp3) is 0.714. The van der Waals surface area contributed by atoms with E-state index in [0.29, 0.717) is 45.8 Å². The molecule has 2 amide bonds. The standard InChI is InChI=1S/C24H35F3N2O3.C4H9NO/c1-18(32-17-23(2)9-7-21(30)8-10-23)15-22(31)29-13-11-28(12-14-29)16-19-3-5-20(6-4-19)24(25,26)27;1-3(2)4(5)6/h3-6,18,21,30H,7-17H2,1-2H3;3H,1-2H3,(H2,5,6). The number of nitrogens with zero attached hydrogens (tertiary/aromatic N) is 2. The summed E-state index contributed by atoms with van der Waals surface area (Å²) in [5.74, 6) is -0.170. The lowest BCUT2D eigenvalue weighted by Gasteiger charge is -2.37. The first-order valence-electron chi connectivity index (χ1n) is 13.4. The molecular formula is C28H44F3N3O4. The predicted molar refractivity (Wildman–Crippen MR) is 140 cm³/mol. The summed E-state index contributed by atoms with van der Waals surface area (Å²) in [5.41, 5.74) is 5.07. The molecule has 2 aliphatic rings. The van der Waals surface area contributed by atoms with Gasteiger partial charge in [0.05, 0.1) is 30.8 Å². The van der Waals surface area contributed by atoms with Gasteiger partial charge in [0.2, 0.25) is 11.8 Å². The van der Waals surface area contributed by atoms with Gasteiger partial charge in [0.1, 0.15) is 0 Å². The van der Waals surface area contributed by atoms with Gasteiger partial charge in [-0.15, -0.1) is 0 Å². The summed E-state index contributed by atoms with van der Waals surface area (Å²) in [7, 11) is 0. The number of carbonyl (C=O) groups is 2. The Balaban J connectivity index is 0.000000757. The second kappa shape index (κ2) is 14.3. The van der Waals surface area contributed by atoms with Crippen LogP contribution in [0.2, 0.25) is 0 Å². The highest BCUT2D eigenvalue weighted by Crippen LogP contribution is 2.36. The van der Waals surface area contributed by atoms with Crippen molar-refractivity contribution < 1.29 is 32.6 Å². The Labute approximate surface area is 224 Å². The lowest BCUT2D eigenvalue weighted by Crippen LogP contribution is -2.48. The quantitative estimate of drug-likeness (QED) is 0.512. The van der Waals surface area contributed by atoms with E-state index in [0.717, 1.165) is 43.4 Å². The third kappa shape index (κ3) is 10.9. The van der Waals surface area contributed by atoms with Gasteiger partial charge in [0.15, 0.2) is 0 Å². The van der Waals surface area contributed by atoms with E-state index in [2.05, 4.69) is 11.8 Å². The molecule has 7 nitrogen and oxygen atoms in total. The van der Waals surface area contributed by atoms with E-state index >= 15 is 0 Å². The van der Waals surface area contributed by atoms with Gasteiger partial charge in [-0.05, 0) is 55.7 Å². The number of amides is 2. The molecule has 216 valence electrons. The summed E-state index contributed by atoms with van der Waals surface area (Å²) in [6.07, 6.45) is -0.824. The van der Waals surface area contributed by atoms with Crippen molar-refractivity contribution >= 4 is 11.8 Å². The van der Waals surface area contributed by atoms with Crippen molar-refractivity contribution in [2.75, 3.05) is 32.8 Å². The maximum atomic E-state index is 12.7. The first-order chi connectivity index (χ1) is 17.7. The van der Waals surface area contributed by atoms with Crippen molar-refractivity contribution in [3.8, 4) is 0 Å². The summed E-state index contributed by atoms with van der Waals surface area (Å²) in [6, 6.07) is 5.28. The summed E-state index contributed by atoms with van der Waals surface area (Å²) < 4.78 is 44.1. The molecule has 38 heavy (non-hydrogen) atoms. The van der Waals surface area contributed by atoms with Gasteiger partial charge in [-0.25, -0.2) is 0 Å². The number of ether oxygens (including phenoxy) is 1. The molecule has 0 spiro atoms. The van der Waals surface area contributed by atoms with E-state index in [1.54, 1.807) is 13.8 Å². The van der Waals surface area contributed by atoms with Crippen molar-refractivity contribution in [2.24, 2.45) is 17.1 Å². The largest absolute Gasteiger partial charge is 0.416 e. The molecule has 0 radical (unpaired) electrons. The highest BCUT2D eigenvalue weighted by atomic mass is 19.4. The Hall–Kier alpha value is -2.17. The van der Waals surface area contributed by atoms with Crippen LogP contribution in [-0.4, -0.2) is 71.7 Å².